The fraction of sp³-hybridized carbons (Fsp3) is 0.206. The van der Waals surface area contributed by atoms with Crippen LogP contribution in [-0.2, 0) is 11.3 Å². The van der Waals surface area contributed by atoms with Gasteiger partial charge in [0, 0.05) is 12.0 Å². The summed E-state index contributed by atoms with van der Waals surface area (Å²) in [7, 11) is 1.62. The summed E-state index contributed by atoms with van der Waals surface area (Å²) in [6, 6.07) is 22.8. The highest BCUT2D eigenvalue weighted by Gasteiger charge is 2.34. The summed E-state index contributed by atoms with van der Waals surface area (Å²) >= 11 is 2.85. The number of carbonyl (C=O) groups excluding carboxylic acids is 2. The van der Waals surface area contributed by atoms with Crippen LogP contribution in [0, 0.1) is 19.7 Å². The van der Waals surface area contributed by atoms with Crippen molar-refractivity contribution >= 4 is 40.6 Å². The van der Waals surface area contributed by atoms with Crippen molar-refractivity contribution in [3.63, 3.8) is 0 Å². The molecule has 0 fully saturated rings. The third-order valence-electron chi connectivity index (χ3n) is 7.81. The summed E-state index contributed by atoms with van der Waals surface area (Å²) < 4.78 is 20.9. The molecule has 1 N–H and O–H groups in total. The molecule has 1 atom stereocenters. The molecule has 0 bridgehead atoms. The van der Waals surface area contributed by atoms with Crippen LogP contribution in [0.25, 0.3) is 5.69 Å². The van der Waals surface area contributed by atoms with Crippen LogP contribution < -0.4 is 10.1 Å². The number of nitrogens with one attached hydrogen (secondary N) is 1. The summed E-state index contributed by atoms with van der Waals surface area (Å²) in [5.74, 6) is 0.179. The zero-order valence-electron chi connectivity index (χ0n) is 25.4. The summed E-state index contributed by atoms with van der Waals surface area (Å²) in [6.07, 6.45) is 0.594. The van der Waals surface area contributed by atoms with E-state index in [9.17, 15) is 14.0 Å². The number of benzene rings is 3. The van der Waals surface area contributed by atoms with E-state index in [0.29, 0.717) is 17.4 Å². The second kappa shape index (κ2) is 13.7. The maximum Gasteiger partial charge on any atom is 0.253 e. The molecule has 0 aliphatic carbocycles. The molecule has 3 heterocycles. The predicted octanol–water partition coefficient (Wildman–Crippen LogP) is 6.49. The molecule has 234 valence electrons. The van der Waals surface area contributed by atoms with Crippen molar-refractivity contribution in [1.82, 2.24) is 25.1 Å². The molecule has 0 saturated carbocycles. The van der Waals surface area contributed by atoms with Crippen LogP contribution in [0.2, 0.25) is 0 Å². The third-order valence-corrected chi connectivity index (χ3v) is 9.64. The van der Waals surface area contributed by atoms with Gasteiger partial charge in [0.05, 0.1) is 41.7 Å². The van der Waals surface area contributed by atoms with Crippen LogP contribution in [0.1, 0.15) is 50.2 Å². The second-order valence-electron chi connectivity index (χ2n) is 10.7. The maximum atomic E-state index is 13.8. The normalized spacial score (nSPS) is 14.3. The van der Waals surface area contributed by atoms with E-state index in [2.05, 4.69) is 15.5 Å². The van der Waals surface area contributed by atoms with Crippen molar-refractivity contribution in [2.45, 2.75) is 38.0 Å². The molecular weight excluding hydrogens is 624 g/mol. The Morgan fingerprint density at radius 1 is 1.04 bits per heavy atom. The van der Waals surface area contributed by atoms with Gasteiger partial charge in [-0.1, -0.05) is 48.2 Å². The van der Waals surface area contributed by atoms with Gasteiger partial charge in [-0.25, -0.2) is 9.40 Å². The summed E-state index contributed by atoms with van der Waals surface area (Å²) in [4.78, 5) is 27.7. The average Bonchev–Trinajstić information content (AvgIpc) is 3.84. The highest BCUT2D eigenvalue weighted by Crippen LogP contribution is 2.35. The van der Waals surface area contributed by atoms with Crippen LogP contribution >= 0.6 is 23.1 Å². The van der Waals surface area contributed by atoms with Gasteiger partial charge in [0.15, 0.2) is 11.0 Å². The minimum atomic E-state index is -0.492. The van der Waals surface area contributed by atoms with E-state index in [0.717, 1.165) is 38.7 Å². The first kappa shape index (κ1) is 31.2. The Kier molecular flexibility index (Phi) is 9.27. The number of halogens is 1. The lowest BCUT2D eigenvalue weighted by Gasteiger charge is -2.22. The number of aryl methyl sites for hydroxylation is 1. The topological polar surface area (TPSA) is 102 Å². The van der Waals surface area contributed by atoms with Crippen LogP contribution in [-0.4, -0.2) is 50.2 Å². The summed E-state index contributed by atoms with van der Waals surface area (Å²) in [5.41, 5.74) is 4.96. The van der Waals surface area contributed by atoms with Crippen LogP contribution in [0.4, 0.5) is 4.39 Å². The molecule has 0 spiro atoms. The van der Waals surface area contributed by atoms with Crippen molar-refractivity contribution in [1.29, 1.82) is 0 Å². The van der Waals surface area contributed by atoms with Crippen LogP contribution in [0.5, 0.6) is 5.75 Å². The van der Waals surface area contributed by atoms with E-state index < -0.39 is 11.7 Å². The summed E-state index contributed by atoms with van der Waals surface area (Å²) in [5, 5.41) is 20.5. The lowest BCUT2D eigenvalue weighted by Crippen LogP contribution is -2.28. The van der Waals surface area contributed by atoms with E-state index in [1.165, 1.54) is 30.0 Å². The zero-order chi connectivity index (χ0) is 32.2. The Balaban J connectivity index is 1.26. The Morgan fingerprint density at radius 3 is 2.59 bits per heavy atom. The van der Waals surface area contributed by atoms with Crippen LogP contribution in [0.15, 0.2) is 94.5 Å². The third kappa shape index (κ3) is 6.58. The van der Waals surface area contributed by atoms with E-state index in [-0.39, 0.29) is 29.8 Å². The molecule has 1 aliphatic heterocycles. The smallest absolute Gasteiger partial charge is 0.253 e. The highest BCUT2D eigenvalue weighted by atomic mass is 32.2. The Bertz CT molecular complexity index is 1910. The molecule has 0 saturated heterocycles. The SMILES string of the molecule is COc1ccc(C2CC(c3cccs3)=NN2C(=O)CSc2nnc(CNC(=O)c3cccc(F)c3)n2-c2cccc(C)c2C)cc1. The number of ether oxygens (including phenoxy) is 1. The number of hydrogen-bond acceptors (Lipinski definition) is 8. The minimum absolute atomic E-state index is 0.0460. The monoisotopic (exact) mass is 654 g/mol. The number of rotatable bonds is 10. The fourth-order valence-electron chi connectivity index (χ4n) is 5.23. The number of carbonyl (C=O) groups is 2. The number of aromatic nitrogens is 3. The van der Waals surface area contributed by atoms with Crippen molar-refractivity contribution in [3.05, 3.63) is 123 Å². The predicted molar refractivity (Wildman–Crippen MR) is 177 cm³/mol. The fourth-order valence-corrected chi connectivity index (χ4v) is 6.77. The first-order valence-electron chi connectivity index (χ1n) is 14.6. The Labute approximate surface area is 274 Å². The average molecular weight is 655 g/mol. The largest absolute Gasteiger partial charge is 0.497 e. The van der Waals surface area contributed by atoms with Gasteiger partial charge in [-0.15, -0.1) is 21.5 Å². The molecule has 12 heteroatoms. The van der Waals surface area contributed by atoms with E-state index >= 15 is 0 Å². The number of hydrogen-bond donors (Lipinski definition) is 1. The minimum Gasteiger partial charge on any atom is -0.497 e. The molecule has 2 aromatic heterocycles. The van der Waals surface area contributed by atoms with Crippen molar-refractivity contribution in [3.8, 4) is 11.4 Å². The Morgan fingerprint density at radius 2 is 1.85 bits per heavy atom. The maximum absolute atomic E-state index is 13.8. The molecule has 3 aromatic carbocycles. The molecule has 1 unspecified atom stereocenters. The molecule has 2 amide bonds. The summed E-state index contributed by atoms with van der Waals surface area (Å²) in [6.45, 7) is 4.06. The number of nitrogens with zero attached hydrogens (tertiary/aromatic N) is 5. The number of amides is 2. The first-order chi connectivity index (χ1) is 22.3. The van der Waals surface area contributed by atoms with Crippen molar-refractivity contribution in [2.24, 2.45) is 5.10 Å². The quantitative estimate of drug-likeness (QED) is 0.173. The molecule has 9 nitrogen and oxygen atoms in total. The van der Waals surface area contributed by atoms with Gasteiger partial charge < -0.3 is 10.1 Å². The van der Waals surface area contributed by atoms with Gasteiger partial charge >= 0.3 is 0 Å². The van der Waals surface area contributed by atoms with Gasteiger partial charge in [0.2, 0.25) is 0 Å². The standard InChI is InChI=1S/C34H31FN6O3S2/c1-21-7-4-10-28(22(21)2)40-31(19-36-33(43)24-8-5-9-25(35)17-24)37-38-34(40)46-20-32(42)41-29(23-12-14-26(44-3)15-13-23)18-27(39-41)30-11-6-16-45-30/h4-17,29H,18-20H2,1-3H3,(H,36,43). The second-order valence-corrected chi connectivity index (χ2v) is 12.6. The number of methoxy groups -OCH3 is 1. The van der Waals surface area contributed by atoms with Gasteiger partial charge in [-0.05, 0) is 78.4 Å². The lowest BCUT2D eigenvalue weighted by molar-refractivity contribution is -0.130. The van der Waals surface area contributed by atoms with E-state index in [1.54, 1.807) is 29.5 Å². The van der Waals surface area contributed by atoms with Gasteiger partial charge in [0.1, 0.15) is 11.6 Å². The zero-order valence-corrected chi connectivity index (χ0v) is 27.1. The number of thioether (sulfide) groups is 1. The van der Waals surface area contributed by atoms with Crippen molar-refractivity contribution < 1.29 is 18.7 Å². The molecule has 6 rings (SSSR count). The molecule has 5 aromatic rings. The van der Waals surface area contributed by atoms with E-state index in [1.807, 2.05) is 78.4 Å². The Hall–Kier alpha value is -4.81. The van der Waals surface area contributed by atoms with Gasteiger partial charge in [-0.3, -0.25) is 14.2 Å². The molecule has 46 heavy (non-hydrogen) atoms. The van der Waals surface area contributed by atoms with Gasteiger partial charge in [0.25, 0.3) is 11.8 Å². The molecular formula is C34H31FN6O3S2. The highest BCUT2D eigenvalue weighted by molar-refractivity contribution is 7.99. The number of thiophene rings is 1. The molecule has 0 radical (unpaired) electrons. The van der Waals surface area contributed by atoms with E-state index in [4.69, 9.17) is 9.84 Å². The molecule has 1 aliphatic rings. The van der Waals surface area contributed by atoms with Crippen LogP contribution in [0.3, 0.4) is 0 Å². The lowest BCUT2D eigenvalue weighted by atomic mass is 10.0. The first-order valence-corrected chi connectivity index (χ1v) is 16.4. The van der Waals surface area contributed by atoms with Gasteiger partial charge in [-0.2, -0.15) is 5.10 Å². The van der Waals surface area contributed by atoms with Crippen molar-refractivity contribution in [2.75, 3.05) is 12.9 Å². The number of hydrazone groups is 1.